The van der Waals surface area contributed by atoms with Gasteiger partial charge in [0, 0.05) is 17.1 Å². The Labute approximate surface area is 119 Å². The zero-order valence-corrected chi connectivity index (χ0v) is 12.5. The van der Waals surface area contributed by atoms with Crippen LogP contribution in [0.2, 0.25) is 0 Å². The zero-order valence-electron chi connectivity index (χ0n) is 10.9. The van der Waals surface area contributed by atoms with E-state index in [1.54, 1.807) is 32.0 Å². The van der Waals surface area contributed by atoms with E-state index in [4.69, 9.17) is 15.7 Å². The van der Waals surface area contributed by atoms with Gasteiger partial charge in [0.05, 0.1) is 5.69 Å². The number of carbonyl (C=O) groups excluding carboxylic acids is 1. The van der Waals surface area contributed by atoms with Crippen LogP contribution in [-0.4, -0.2) is 29.7 Å². The molecule has 0 aliphatic heterocycles. The number of benzene rings is 1. The maximum atomic E-state index is 11.9. The monoisotopic (exact) mass is 329 g/mol. The Morgan fingerprint density at radius 2 is 2.16 bits per heavy atom. The topological polar surface area (TPSA) is 96.9 Å². The van der Waals surface area contributed by atoms with Crippen molar-refractivity contribution in [1.82, 2.24) is 0 Å². The molecule has 0 spiro atoms. The van der Waals surface area contributed by atoms with Crippen LogP contribution in [0.5, 0.6) is 0 Å². The molecule has 19 heavy (non-hydrogen) atoms. The number of carbonyl (C=O) groups is 1. The second-order valence-electron chi connectivity index (χ2n) is 4.35. The molecule has 1 aromatic carbocycles. The van der Waals surface area contributed by atoms with Crippen molar-refractivity contribution in [3.63, 3.8) is 0 Å². The molecule has 1 rings (SSSR count). The fraction of sp³-hybridized carbons (Fsp3) is 0.333. The summed E-state index contributed by atoms with van der Waals surface area (Å²) in [6.07, 6.45) is 0. The molecule has 0 unspecified atom stereocenters. The molecule has 6 nitrogen and oxygen atoms in total. The summed E-state index contributed by atoms with van der Waals surface area (Å²) >= 11 is 3.31. The van der Waals surface area contributed by atoms with E-state index in [-0.39, 0.29) is 11.7 Å². The Morgan fingerprint density at radius 3 is 2.63 bits per heavy atom. The van der Waals surface area contributed by atoms with Crippen molar-refractivity contribution in [2.24, 2.45) is 10.9 Å². The third-order valence-corrected chi connectivity index (χ3v) is 3.33. The summed E-state index contributed by atoms with van der Waals surface area (Å²) in [4.78, 5) is 11.9. The van der Waals surface area contributed by atoms with Gasteiger partial charge in [0.15, 0.2) is 5.84 Å². The second kappa shape index (κ2) is 6.03. The van der Waals surface area contributed by atoms with Gasteiger partial charge in [-0.3, -0.25) is 4.79 Å². The van der Waals surface area contributed by atoms with E-state index in [0.29, 0.717) is 15.7 Å². The van der Waals surface area contributed by atoms with Gasteiger partial charge in [-0.05, 0) is 48.0 Å². The number of nitrogens with two attached hydrogens (primary N) is 1. The minimum absolute atomic E-state index is 0.00389. The normalized spacial score (nSPS) is 12.3. The van der Waals surface area contributed by atoms with Crippen molar-refractivity contribution in [3.8, 4) is 0 Å². The van der Waals surface area contributed by atoms with E-state index in [0.717, 1.165) is 0 Å². The first-order chi connectivity index (χ1) is 8.81. The van der Waals surface area contributed by atoms with Gasteiger partial charge in [0.25, 0.3) is 5.91 Å². The number of ether oxygens (including phenoxy) is 1. The van der Waals surface area contributed by atoms with E-state index in [9.17, 15) is 4.79 Å². The first-order valence-electron chi connectivity index (χ1n) is 5.46. The lowest BCUT2D eigenvalue weighted by atomic mass is 10.1. The minimum Gasteiger partial charge on any atom is -0.409 e. The fourth-order valence-electron chi connectivity index (χ4n) is 1.20. The van der Waals surface area contributed by atoms with Crippen molar-refractivity contribution >= 4 is 33.4 Å². The summed E-state index contributed by atoms with van der Waals surface area (Å²) in [7, 11) is 1.47. The van der Waals surface area contributed by atoms with Crippen LogP contribution in [0.25, 0.3) is 0 Å². The summed E-state index contributed by atoms with van der Waals surface area (Å²) in [5.74, 6) is -0.275. The fourth-order valence-corrected chi connectivity index (χ4v) is 1.68. The van der Waals surface area contributed by atoms with Crippen molar-refractivity contribution < 1.29 is 14.7 Å². The van der Waals surface area contributed by atoms with Gasteiger partial charge >= 0.3 is 0 Å². The number of methoxy groups -OCH3 is 1. The summed E-state index contributed by atoms with van der Waals surface area (Å²) < 4.78 is 5.71. The number of hydrogen-bond acceptors (Lipinski definition) is 4. The number of anilines is 1. The van der Waals surface area contributed by atoms with Crippen LogP contribution in [0.15, 0.2) is 27.8 Å². The van der Waals surface area contributed by atoms with Crippen LogP contribution < -0.4 is 11.1 Å². The molecule has 4 N–H and O–H groups in total. The van der Waals surface area contributed by atoms with Gasteiger partial charge in [-0.25, -0.2) is 0 Å². The average molecular weight is 330 g/mol. The number of nitrogens with one attached hydrogen (secondary N) is 1. The Balaban J connectivity index is 2.96. The SMILES string of the molecule is COC(C)(C)C(=O)Nc1ccc(/C(N)=N/O)cc1Br. The molecule has 0 aromatic heterocycles. The lowest BCUT2D eigenvalue weighted by Crippen LogP contribution is -2.38. The standard InChI is InChI=1S/C12H16BrN3O3/c1-12(2,19-3)11(17)15-9-5-4-7(6-8(9)13)10(14)16-18/h4-6,18H,1-3H3,(H2,14,16)(H,15,17). The van der Waals surface area contributed by atoms with Gasteiger partial charge in [-0.15, -0.1) is 0 Å². The maximum Gasteiger partial charge on any atom is 0.256 e. The molecule has 0 saturated heterocycles. The van der Waals surface area contributed by atoms with Crippen LogP contribution in [0, 0.1) is 0 Å². The number of rotatable bonds is 4. The van der Waals surface area contributed by atoms with Gasteiger partial charge in [0.2, 0.25) is 0 Å². The highest BCUT2D eigenvalue weighted by atomic mass is 79.9. The highest BCUT2D eigenvalue weighted by molar-refractivity contribution is 9.10. The second-order valence-corrected chi connectivity index (χ2v) is 5.20. The number of hydrogen-bond donors (Lipinski definition) is 3. The van der Waals surface area contributed by atoms with Crippen molar-refractivity contribution in [2.75, 3.05) is 12.4 Å². The summed E-state index contributed by atoms with van der Waals surface area (Å²) in [6, 6.07) is 4.93. The molecule has 0 radical (unpaired) electrons. The van der Waals surface area contributed by atoms with Gasteiger partial charge in [-0.2, -0.15) is 0 Å². The highest BCUT2D eigenvalue weighted by Gasteiger charge is 2.27. The number of oxime groups is 1. The minimum atomic E-state index is -0.927. The van der Waals surface area contributed by atoms with E-state index in [1.807, 2.05) is 0 Å². The highest BCUT2D eigenvalue weighted by Crippen LogP contribution is 2.25. The first-order valence-corrected chi connectivity index (χ1v) is 6.25. The molecule has 7 heteroatoms. The molecule has 0 atom stereocenters. The smallest absolute Gasteiger partial charge is 0.256 e. The molecule has 0 aliphatic carbocycles. The van der Waals surface area contributed by atoms with Gasteiger partial charge in [-0.1, -0.05) is 5.16 Å². The van der Waals surface area contributed by atoms with Crippen LogP contribution in [-0.2, 0) is 9.53 Å². The quantitative estimate of drug-likeness (QED) is 0.340. The molecule has 104 valence electrons. The van der Waals surface area contributed by atoms with E-state index < -0.39 is 5.60 Å². The Hall–Kier alpha value is -1.60. The third kappa shape index (κ3) is 3.68. The molecule has 1 amide bonds. The Morgan fingerprint density at radius 1 is 1.53 bits per heavy atom. The molecule has 0 fully saturated rings. The maximum absolute atomic E-state index is 11.9. The van der Waals surface area contributed by atoms with Crippen LogP contribution in [0.1, 0.15) is 19.4 Å². The van der Waals surface area contributed by atoms with Crippen LogP contribution in [0.4, 0.5) is 5.69 Å². The molecule has 0 aliphatic rings. The summed E-state index contributed by atoms with van der Waals surface area (Å²) in [5.41, 5.74) is 5.66. The number of nitrogens with zero attached hydrogens (tertiary/aromatic N) is 1. The number of halogens is 1. The third-order valence-electron chi connectivity index (χ3n) is 2.68. The van der Waals surface area contributed by atoms with Gasteiger partial charge < -0.3 is 21.0 Å². The van der Waals surface area contributed by atoms with E-state index in [2.05, 4.69) is 26.4 Å². The lowest BCUT2D eigenvalue weighted by molar-refractivity contribution is -0.133. The van der Waals surface area contributed by atoms with Crippen LogP contribution in [0.3, 0.4) is 0 Å². The van der Waals surface area contributed by atoms with Crippen molar-refractivity contribution in [2.45, 2.75) is 19.4 Å². The summed E-state index contributed by atoms with van der Waals surface area (Å²) in [5, 5.41) is 14.2. The van der Waals surface area contributed by atoms with Crippen LogP contribution >= 0.6 is 15.9 Å². The molecule has 0 bridgehead atoms. The van der Waals surface area contributed by atoms with Crippen molar-refractivity contribution in [3.05, 3.63) is 28.2 Å². The lowest BCUT2D eigenvalue weighted by Gasteiger charge is -2.22. The molecule has 1 aromatic rings. The summed E-state index contributed by atoms with van der Waals surface area (Å²) in [6.45, 7) is 3.34. The average Bonchev–Trinajstić information content (AvgIpc) is 2.39. The molecule has 0 saturated carbocycles. The molecular formula is C12H16BrN3O3. The van der Waals surface area contributed by atoms with E-state index in [1.165, 1.54) is 7.11 Å². The Bertz CT molecular complexity index is 515. The molecule has 0 heterocycles. The van der Waals surface area contributed by atoms with Crippen molar-refractivity contribution in [1.29, 1.82) is 0 Å². The van der Waals surface area contributed by atoms with Gasteiger partial charge in [0.1, 0.15) is 5.60 Å². The zero-order chi connectivity index (χ0) is 14.6. The number of amides is 1. The largest absolute Gasteiger partial charge is 0.409 e. The number of amidine groups is 1. The van der Waals surface area contributed by atoms with E-state index >= 15 is 0 Å². The predicted octanol–water partition coefficient (Wildman–Crippen LogP) is 1.91. The first kappa shape index (κ1) is 15.5. The predicted molar refractivity (Wildman–Crippen MR) is 76.4 cm³/mol. The molecular weight excluding hydrogens is 314 g/mol. The Kier molecular flexibility index (Phi) is 4.90.